The highest BCUT2D eigenvalue weighted by atomic mass is 32.2. The molecule has 1 amide bonds. The maximum absolute atomic E-state index is 12.6. The summed E-state index contributed by atoms with van der Waals surface area (Å²) >= 11 is 0. The Morgan fingerprint density at radius 2 is 2.00 bits per heavy atom. The number of ether oxygens (including phenoxy) is 1. The van der Waals surface area contributed by atoms with Crippen LogP contribution in [0.3, 0.4) is 0 Å². The van der Waals surface area contributed by atoms with E-state index in [0.717, 1.165) is 17.0 Å². The number of hydrogen-bond acceptors (Lipinski definition) is 5. The van der Waals surface area contributed by atoms with E-state index in [-0.39, 0.29) is 23.5 Å². The SMILES string of the molecule is COc1ccc(CCNC(=O)c2c(C)nn([C@@H]3CCS(=O)(=O)C3)c2C)cc1. The van der Waals surface area contributed by atoms with Crippen LogP contribution in [-0.4, -0.2) is 49.3 Å². The molecule has 7 nitrogen and oxygen atoms in total. The highest BCUT2D eigenvalue weighted by Gasteiger charge is 2.32. The van der Waals surface area contributed by atoms with Crippen molar-refractivity contribution in [3.8, 4) is 5.75 Å². The highest BCUT2D eigenvalue weighted by Crippen LogP contribution is 2.26. The van der Waals surface area contributed by atoms with Crippen molar-refractivity contribution in [2.45, 2.75) is 32.7 Å². The average molecular weight is 391 g/mol. The van der Waals surface area contributed by atoms with Crippen LogP contribution in [0.25, 0.3) is 0 Å². The maximum Gasteiger partial charge on any atom is 0.255 e. The van der Waals surface area contributed by atoms with E-state index in [4.69, 9.17) is 4.74 Å². The summed E-state index contributed by atoms with van der Waals surface area (Å²) in [4.78, 5) is 12.6. The van der Waals surface area contributed by atoms with E-state index >= 15 is 0 Å². The number of aromatic nitrogens is 2. The van der Waals surface area contributed by atoms with Crippen molar-refractivity contribution in [1.29, 1.82) is 0 Å². The Bertz CT molecular complexity index is 933. The number of rotatable bonds is 6. The summed E-state index contributed by atoms with van der Waals surface area (Å²) in [5.41, 5.74) is 2.99. The summed E-state index contributed by atoms with van der Waals surface area (Å²) in [7, 11) is -1.38. The quantitative estimate of drug-likeness (QED) is 0.811. The van der Waals surface area contributed by atoms with Gasteiger partial charge in [-0.25, -0.2) is 8.42 Å². The Morgan fingerprint density at radius 3 is 2.59 bits per heavy atom. The number of methoxy groups -OCH3 is 1. The first-order valence-corrected chi connectivity index (χ1v) is 10.8. The second-order valence-corrected chi connectivity index (χ2v) is 9.13. The Labute approximate surface area is 159 Å². The van der Waals surface area contributed by atoms with Crippen molar-refractivity contribution in [1.82, 2.24) is 15.1 Å². The van der Waals surface area contributed by atoms with E-state index in [9.17, 15) is 13.2 Å². The normalized spacial score (nSPS) is 18.4. The van der Waals surface area contributed by atoms with E-state index < -0.39 is 9.84 Å². The molecule has 1 aromatic carbocycles. The molecule has 0 spiro atoms. The molecule has 1 saturated heterocycles. The van der Waals surface area contributed by atoms with Crippen molar-refractivity contribution >= 4 is 15.7 Å². The largest absolute Gasteiger partial charge is 0.497 e. The van der Waals surface area contributed by atoms with Crippen LogP contribution in [0.15, 0.2) is 24.3 Å². The summed E-state index contributed by atoms with van der Waals surface area (Å²) in [6.45, 7) is 4.11. The molecule has 27 heavy (non-hydrogen) atoms. The molecule has 0 radical (unpaired) electrons. The molecule has 2 heterocycles. The molecular weight excluding hydrogens is 366 g/mol. The Balaban J connectivity index is 1.64. The maximum atomic E-state index is 12.6. The number of benzene rings is 1. The van der Waals surface area contributed by atoms with Gasteiger partial charge in [0.2, 0.25) is 0 Å². The predicted octanol–water partition coefficient (Wildman–Crippen LogP) is 1.84. The van der Waals surface area contributed by atoms with Crippen molar-refractivity contribution in [3.63, 3.8) is 0 Å². The lowest BCUT2D eigenvalue weighted by Crippen LogP contribution is -2.27. The van der Waals surface area contributed by atoms with Crippen LogP contribution in [-0.2, 0) is 16.3 Å². The van der Waals surface area contributed by atoms with Gasteiger partial charge in [0.25, 0.3) is 5.91 Å². The van der Waals surface area contributed by atoms with Crippen molar-refractivity contribution < 1.29 is 17.9 Å². The van der Waals surface area contributed by atoms with Crippen LogP contribution >= 0.6 is 0 Å². The van der Waals surface area contributed by atoms with Gasteiger partial charge in [0.15, 0.2) is 9.84 Å². The first kappa shape index (κ1) is 19.4. The Hall–Kier alpha value is -2.35. The van der Waals surface area contributed by atoms with Gasteiger partial charge in [-0.05, 0) is 44.4 Å². The minimum atomic E-state index is -3.00. The minimum absolute atomic E-state index is 0.0908. The van der Waals surface area contributed by atoms with Crippen LogP contribution in [0.1, 0.15) is 39.8 Å². The summed E-state index contributed by atoms with van der Waals surface area (Å²) in [6.07, 6.45) is 1.26. The lowest BCUT2D eigenvalue weighted by atomic mass is 10.1. The van der Waals surface area contributed by atoms with Crippen LogP contribution in [0.4, 0.5) is 0 Å². The number of nitrogens with zero attached hydrogens (tertiary/aromatic N) is 2. The predicted molar refractivity (Wildman–Crippen MR) is 103 cm³/mol. The second kappa shape index (κ2) is 7.72. The van der Waals surface area contributed by atoms with Gasteiger partial charge in [-0.1, -0.05) is 12.1 Å². The van der Waals surface area contributed by atoms with E-state index in [1.54, 1.807) is 18.7 Å². The third kappa shape index (κ3) is 4.32. The van der Waals surface area contributed by atoms with Gasteiger partial charge < -0.3 is 10.1 Å². The first-order chi connectivity index (χ1) is 12.8. The Morgan fingerprint density at radius 1 is 1.30 bits per heavy atom. The number of nitrogens with one attached hydrogen (secondary N) is 1. The lowest BCUT2D eigenvalue weighted by Gasteiger charge is -2.11. The zero-order valence-electron chi connectivity index (χ0n) is 15.9. The molecular formula is C19H25N3O4S. The molecule has 0 aliphatic carbocycles. The molecule has 3 rings (SSSR count). The van der Waals surface area contributed by atoms with Gasteiger partial charge in [0, 0.05) is 12.2 Å². The molecule has 1 aliphatic heterocycles. The van der Waals surface area contributed by atoms with Crippen LogP contribution in [0, 0.1) is 13.8 Å². The number of sulfone groups is 1. The number of hydrogen-bond donors (Lipinski definition) is 1. The van der Waals surface area contributed by atoms with Gasteiger partial charge in [-0.3, -0.25) is 9.48 Å². The number of amides is 1. The summed E-state index contributed by atoms with van der Waals surface area (Å²) in [5.74, 6) is 0.897. The van der Waals surface area contributed by atoms with Crippen molar-refractivity contribution in [2.24, 2.45) is 0 Å². The molecule has 0 saturated carbocycles. The Kier molecular flexibility index (Phi) is 5.55. The molecule has 8 heteroatoms. The van der Waals surface area contributed by atoms with Gasteiger partial charge in [0.1, 0.15) is 5.75 Å². The summed E-state index contributed by atoms with van der Waals surface area (Å²) in [5, 5.41) is 7.38. The molecule has 1 fully saturated rings. The van der Waals surface area contributed by atoms with Crippen molar-refractivity contribution in [3.05, 3.63) is 46.8 Å². The van der Waals surface area contributed by atoms with E-state index in [1.807, 2.05) is 31.2 Å². The molecule has 1 atom stereocenters. The van der Waals surface area contributed by atoms with Gasteiger partial charge in [0.05, 0.1) is 35.9 Å². The van der Waals surface area contributed by atoms with E-state index in [0.29, 0.717) is 30.6 Å². The fourth-order valence-electron chi connectivity index (χ4n) is 3.52. The molecule has 1 aliphatic rings. The highest BCUT2D eigenvalue weighted by molar-refractivity contribution is 7.91. The van der Waals surface area contributed by atoms with Gasteiger partial charge in [-0.2, -0.15) is 5.10 Å². The minimum Gasteiger partial charge on any atom is -0.497 e. The lowest BCUT2D eigenvalue weighted by molar-refractivity contribution is 0.0952. The van der Waals surface area contributed by atoms with Gasteiger partial charge in [-0.15, -0.1) is 0 Å². The third-order valence-electron chi connectivity index (χ3n) is 4.96. The molecule has 0 unspecified atom stereocenters. The third-order valence-corrected chi connectivity index (χ3v) is 6.71. The summed E-state index contributed by atoms with van der Waals surface area (Å²) in [6, 6.07) is 7.55. The van der Waals surface area contributed by atoms with Crippen LogP contribution in [0.5, 0.6) is 5.75 Å². The summed E-state index contributed by atoms with van der Waals surface area (Å²) < 4.78 is 30.3. The molecule has 1 aromatic heterocycles. The molecule has 1 N–H and O–H groups in total. The first-order valence-electron chi connectivity index (χ1n) is 8.98. The zero-order chi connectivity index (χ0) is 19.6. The average Bonchev–Trinajstić information content (AvgIpc) is 3.14. The van der Waals surface area contributed by atoms with E-state index in [1.165, 1.54) is 0 Å². The molecule has 146 valence electrons. The van der Waals surface area contributed by atoms with Crippen LogP contribution in [0.2, 0.25) is 0 Å². The fraction of sp³-hybridized carbons (Fsp3) is 0.474. The molecule has 0 bridgehead atoms. The smallest absolute Gasteiger partial charge is 0.255 e. The van der Waals surface area contributed by atoms with E-state index in [2.05, 4.69) is 10.4 Å². The number of carbonyl (C=O) groups excluding carboxylic acids is 1. The standard InChI is InChI=1S/C19H25N3O4S/c1-13-18(14(2)22(21-13)16-9-11-27(24,25)12-16)19(23)20-10-8-15-4-6-17(26-3)7-5-15/h4-7,16H,8-12H2,1-3H3,(H,20,23)/t16-/m1/s1. The monoisotopic (exact) mass is 391 g/mol. The number of carbonyl (C=O) groups is 1. The van der Waals surface area contributed by atoms with Gasteiger partial charge >= 0.3 is 0 Å². The topological polar surface area (TPSA) is 90.3 Å². The van der Waals surface area contributed by atoms with Crippen LogP contribution < -0.4 is 10.1 Å². The second-order valence-electron chi connectivity index (χ2n) is 6.90. The fourth-order valence-corrected chi connectivity index (χ4v) is 5.21. The van der Waals surface area contributed by atoms with Crippen molar-refractivity contribution in [2.75, 3.05) is 25.2 Å². The molecule has 2 aromatic rings. The zero-order valence-corrected chi connectivity index (χ0v) is 16.7. The number of aryl methyl sites for hydroxylation is 1.